The Morgan fingerprint density at radius 2 is 1.96 bits per heavy atom. The van der Waals surface area contributed by atoms with E-state index in [2.05, 4.69) is 10.6 Å². The highest BCUT2D eigenvalue weighted by atomic mass is 32.1. The van der Waals surface area contributed by atoms with Crippen molar-refractivity contribution in [1.82, 2.24) is 5.32 Å². The minimum absolute atomic E-state index is 0.117. The van der Waals surface area contributed by atoms with Crippen LogP contribution in [0.2, 0.25) is 0 Å². The first kappa shape index (κ1) is 18.4. The van der Waals surface area contributed by atoms with Gasteiger partial charge in [0.15, 0.2) is 16.7 Å². The lowest BCUT2D eigenvalue weighted by molar-refractivity contribution is 0.0695. The summed E-state index contributed by atoms with van der Waals surface area (Å²) in [5.74, 6) is -0.352. The Labute approximate surface area is 156 Å². The molecule has 2 N–H and O–H groups in total. The fourth-order valence-corrected chi connectivity index (χ4v) is 3.25. The third-order valence-electron chi connectivity index (χ3n) is 4.16. The maximum Gasteiger partial charge on any atom is 0.171 e. The molecule has 2 aromatic carbocycles. The summed E-state index contributed by atoms with van der Waals surface area (Å²) in [5.41, 5.74) is 0.924. The van der Waals surface area contributed by atoms with Crippen LogP contribution >= 0.6 is 12.2 Å². The second-order valence-electron chi connectivity index (χ2n) is 6.75. The molecular formula is C19H20F2N2O2S. The van der Waals surface area contributed by atoms with E-state index < -0.39 is 11.6 Å². The fourth-order valence-electron chi connectivity index (χ4n) is 2.99. The van der Waals surface area contributed by atoms with Crippen molar-refractivity contribution < 1.29 is 18.3 Å². The fraction of sp³-hybridized carbons (Fsp3) is 0.316. The van der Waals surface area contributed by atoms with Crippen molar-refractivity contribution in [2.24, 2.45) is 0 Å². The number of halogens is 2. The minimum Gasteiger partial charge on any atom is -0.497 e. The molecule has 2 aromatic rings. The van der Waals surface area contributed by atoms with E-state index in [1.54, 1.807) is 7.11 Å². The molecule has 1 atom stereocenters. The van der Waals surface area contributed by atoms with Crippen molar-refractivity contribution in [3.63, 3.8) is 0 Å². The van der Waals surface area contributed by atoms with Crippen LogP contribution in [0.25, 0.3) is 0 Å². The molecule has 1 aliphatic heterocycles. The highest BCUT2D eigenvalue weighted by Gasteiger charge is 2.34. The van der Waals surface area contributed by atoms with Crippen molar-refractivity contribution in [3.05, 3.63) is 53.6 Å². The molecule has 0 aromatic heterocycles. The number of fused-ring (bicyclic) bond motifs is 1. The molecule has 0 bridgehead atoms. The summed E-state index contributed by atoms with van der Waals surface area (Å²) in [6, 6.07) is 9.05. The zero-order valence-corrected chi connectivity index (χ0v) is 15.5. The van der Waals surface area contributed by atoms with Crippen LogP contribution in [0, 0.1) is 11.6 Å². The Hall–Kier alpha value is -2.41. The molecule has 0 amide bonds. The van der Waals surface area contributed by atoms with Gasteiger partial charge in [0.25, 0.3) is 0 Å². The predicted molar refractivity (Wildman–Crippen MR) is 101 cm³/mol. The molecule has 1 heterocycles. The molecule has 1 aliphatic rings. The highest BCUT2D eigenvalue weighted by molar-refractivity contribution is 7.80. The largest absolute Gasteiger partial charge is 0.497 e. The Kier molecular flexibility index (Phi) is 5.00. The number of hydrogen-bond donors (Lipinski definition) is 2. The summed E-state index contributed by atoms with van der Waals surface area (Å²) in [5, 5.41) is 6.43. The van der Waals surface area contributed by atoms with Gasteiger partial charge in [0, 0.05) is 23.7 Å². The van der Waals surface area contributed by atoms with Gasteiger partial charge in [-0.1, -0.05) is 0 Å². The number of ether oxygens (including phenoxy) is 2. The Morgan fingerprint density at radius 3 is 2.65 bits per heavy atom. The van der Waals surface area contributed by atoms with Crippen molar-refractivity contribution in [3.8, 4) is 11.5 Å². The summed E-state index contributed by atoms with van der Waals surface area (Å²) >= 11 is 5.35. The van der Waals surface area contributed by atoms with Gasteiger partial charge in [-0.2, -0.15) is 0 Å². The van der Waals surface area contributed by atoms with Crippen molar-refractivity contribution in [2.75, 3.05) is 12.4 Å². The molecule has 0 fully saturated rings. The quantitative estimate of drug-likeness (QED) is 0.767. The smallest absolute Gasteiger partial charge is 0.171 e. The molecule has 0 saturated heterocycles. The third-order valence-corrected chi connectivity index (χ3v) is 4.38. The standard InChI is InChI=1S/C19H20F2N2O2S/c1-19(2)10-16(13-9-12(24-3)5-7-17(13)25-19)23-18(26)22-11-4-6-14(20)15(21)8-11/h4-9,16H,10H2,1-3H3,(H2,22,23,26)/t16-/m0/s1. The topological polar surface area (TPSA) is 42.5 Å². The van der Waals surface area contributed by atoms with Gasteiger partial charge in [0.2, 0.25) is 0 Å². The molecule has 0 aliphatic carbocycles. The Morgan fingerprint density at radius 1 is 1.19 bits per heavy atom. The van der Waals surface area contributed by atoms with Gasteiger partial charge in [-0.25, -0.2) is 8.78 Å². The van der Waals surface area contributed by atoms with E-state index in [0.717, 1.165) is 29.2 Å². The number of thiocarbonyl (C=S) groups is 1. The summed E-state index contributed by atoms with van der Waals surface area (Å²) in [6.07, 6.45) is 0.673. The van der Waals surface area contributed by atoms with Crippen LogP contribution in [0.1, 0.15) is 31.9 Å². The van der Waals surface area contributed by atoms with E-state index >= 15 is 0 Å². The van der Waals surface area contributed by atoms with Crippen LogP contribution in [0.15, 0.2) is 36.4 Å². The molecule has 4 nitrogen and oxygen atoms in total. The molecular weight excluding hydrogens is 358 g/mol. The van der Waals surface area contributed by atoms with Gasteiger partial charge in [0.05, 0.1) is 13.2 Å². The molecule has 3 rings (SSSR count). The first-order valence-corrected chi connectivity index (χ1v) is 8.58. The van der Waals surface area contributed by atoms with E-state index in [1.807, 2.05) is 32.0 Å². The maximum absolute atomic E-state index is 13.4. The first-order valence-electron chi connectivity index (χ1n) is 8.17. The number of benzene rings is 2. The second kappa shape index (κ2) is 7.07. The summed E-state index contributed by atoms with van der Waals surface area (Å²) in [6.45, 7) is 4.00. The highest BCUT2D eigenvalue weighted by Crippen LogP contribution is 2.41. The SMILES string of the molecule is COc1ccc2c(c1)[C@@H](NC(=S)Nc1ccc(F)c(F)c1)CC(C)(C)O2. The lowest BCUT2D eigenvalue weighted by Crippen LogP contribution is -2.42. The zero-order valence-electron chi connectivity index (χ0n) is 14.7. The maximum atomic E-state index is 13.4. The lowest BCUT2D eigenvalue weighted by Gasteiger charge is -2.38. The molecule has 7 heteroatoms. The van der Waals surface area contributed by atoms with Crippen LogP contribution in [0.3, 0.4) is 0 Å². The van der Waals surface area contributed by atoms with Crippen molar-refractivity contribution >= 4 is 23.0 Å². The average molecular weight is 378 g/mol. The molecule has 0 spiro atoms. The summed E-state index contributed by atoms with van der Waals surface area (Å²) in [4.78, 5) is 0. The number of rotatable bonds is 3. The van der Waals surface area contributed by atoms with E-state index in [1.165, 1.54) is 6.07 Å². The minimum atomic E-state index is -0.930. The van der Waals surface area contributed by atoms with E-state index in [-0.39, 0.29) is 11.6 Å². The molecule has 0 saturated carbocycles. The Bertz CT molecular complexity index is 842. The van der Waals surface area contributed by atoms with E-state index in [0.29, 0.717) is 17.2 Å². The van der Waals surface area contributed by atoms with Crippen LogP contribution in [-0.4, -0.2) is 17.8 Å². The number of nitrogens with one attached hydrogen (secondary N) is 2. The number of hydrogen-bond acceptors (Lipinski definition) is 3. The van der Waals surface area contributed by atoms with Gasteiger partial charge in [0.1, 0.15) is 17.1 Å². The molecule has 26 heavy (non-hydrogen) atoms. The zero-order chi connectivity index (χ0) is 18.9. The third kappa shape index (κ3) is 4.04. The van der Waals surface area contributed by atoms with Gasteiger partial charge < -0.3 is 20.1 Å². The van der Waals surface area contributed by atoms with Crippen LogP contribution < -0.4 is 20.1 Å². The Balaban J connectivity index is 1.79. The van der Waals surface area contributed by atoms with Crippen LogP contribution in [-0.2, 0) is 0 Å². The van der Waals surface area contributed by atoms with Gasteiger partial charge in [-0.05, 0) is 56.4 Å². The molecule has 0 radical (unpaired) electrons. The van der Waals surface area contributed by atoms with Crippen LogP contribution in [0.4, 0.5) is 14.5 Å². The monoisotopic (exact) mass is 378 g/mol. The van der Waals surface area contributed by atoms with Crippen molar-refractivity contribution in [1.29, 1.82) is 0 Å². The number of methoxy groups -OCH3 is 1. The molecule has 0 unspecified atom stereocenters. The van der Waals surface area contributed by atoms with Crippen molar-refractivity contribution in [2.45, 2.75) is 31.9 Å². The lowest BCUT2D eigenvalue weighted by atomic mass is 9.89. The number of anilines is 1. The van der Waals surface area contributed by atoms with Gasteiger partial charge in [-0.3, -0.25) is 0 Å². The van der Waals surface area contributed by atoms with E-state index in [4.69, 9.17) is 21.7 Å². The predicted octanol–water partition coefficient (Wildman–Crippen LogP) is 4.56. The van der Waals surface area contributed by atoms with Gasteiger partial charge in [-0.15, -0.1) is 0 Å². The van der Waals surface area contributed by atoms with Gasteiger partial charge >= 0.3 is 0 Å². The second-order valence-corrected chi connectivity index (χ2v) is 7.16. The van der Waals surface area contributed by atoms with E-state index in [9.17, 15) is 8.78 Å². The summed E-state index contributed by atoms with van der Waals surface area (Å²) in [7, 11) is 1.60. The average Bonchev–Trinajstić information content (AvgIpc) is 2.57. The normalized spacial score (nSPS) is 17.7. The summed E-state index contributed by atoms with van der Waals surface area (Å²) < 4.78 is 37.7. The first-order chi connectivity index (χ1) is 12.3. The molecule has 138 valence electrons. The van der Waals surface area contributed by atoms with Crippen LogP contribution in [0.5, 0.6) is 11.5 Å².